The van der Waals surface area contributed by atoms with Crippen LogP contribution in [0.15, 0.2) is 36.4 Å². The molecule has 1 rings (SSSR count). The monoisotopic (exact) mass is 337 g/mol. The number of amides is 1. The molecular weight excluding hydrogens is 314 g/mol. The molecule has 0 bridgehead atoms. The number of rotatable bonds is 8. The van der Waals surface area contributed by atoms with Crippen molar-refractivity contribution in [1.82, 2.24) is 4.90 Å². The van der Waals surface area contributed by atoms with Crippen LogP contribution in [0.2, 0.25) is 0 Å². The molecule has 0 N–H and O–H groups in total. The molecule has 1 unspecified atom stereocenters. The Morgan fingerprint density at radius 3 is 2.65 bits per heavy atom. The van der Waals surface area contributed by atoms with E-state index in [0.29, 0.717) is 30.0 Å². The largest absolute Gasteiger partial charge is 0.466 e. The van der Waals surface area contributed by atoms with Crippen LogP contribution in [0.5, 0.6) is 0 Å². The summed E-state index contributed by atoms with van der Waals surface area (Å²) in [6.07, 6.45) is 3.57. The highest BCUT2D eigenvalue weighted by atomic mass is 32.2. The Morgan fingerprint density at radius 1 is 1.30 bits per heavy atom. The maximum Gasteiger partial charge on any atom is 0.330 e. The molecule has 0 saturated carbocycles. The Kier molecular flexibility index (Phi) is 8.26. The number of benzene rings is 1. The fraction of sp³-hybridized carbons (Fsp3) is 0.412. The predicted octanol–water partition coefficient (Wildman–Crippen LogP) is 2.15. The quantitative estimate of drug-likeness (QED) is 0.538. The molecule has 0 aliphatic rings. The Morgan fingerprint density at radius 2 is 2.00 bits per heavy atom. The van der Waals surface area contributed by atoms with Crippen molar-refractivity contribution in [3.05, 3.63) is 47.5 Å². The van der Waals surface area contributed by atoms with Crippen LogP contribution in [0.4, 0.5) is 0 Å². The summed E-state index contributed by atoms with van der Waals surface area (Å²) in [5.41, 5.74) is 1.38. The lowest BCUT2D eigenvalue weighted by Gasteiger charge is -2.18. The van der Waals surface area contributed by atoms with E-state index in [9.17, 15) is 13.8 Å². The summed E-state index contributed by atoms with van der Waals surface area (Å²) in [5.74, 6) is 0.428. The summed E-state index contributed by atoms with van der Waals surface area (Å²) in [7, 11) is 2.06. The van der Waals surface area contributed by atoms with Crippen LogP contribution < -0.4 is 0 Å². The highest BCUT2D eigenvalue weighted by Gasteiger charge is 2.15. The van der Waals surface area contributed by atoms with E-state index in [1.807, 2.05) is 19.1 Å². The molecule has 0 spiro atoms. The molecule has 0 fully saturated rings. The third-order valence-electron chi connectivity index (χ3n) is 3.32. The van der Waals surface area contributed by atoms with Gasteiger partial charge in [0.05, 0.1) is 7.11 Å². The minimum Gasteiger partial charge on any atom is -0.466 e. The van der Waals surface area contributed by atoms with Gasteiger partial charge < -0.3 is 9.64 Å². The first-order chi connectivity index (χ1) is 11.0. The normalized spacial score (nSPS) is 12.1. The molecule has 0 aromatic heterocycles. The minimum atomic E-state index is -0.964. The van der Waals surface area contributed by atoms with Gasteiger partial charge in [-0.05, 0) is 18.1 Å². The van der Waals surface area contributed by atoms with E-state index in [1.54, 1.807) is 30.2 Å². The van der Waals surface area contributed by atoms with Gasteiger partial charge in [0, 0.05) is 47.5 Å². The van der Waals surface area contributed by atoms with Crippen molar-refractivity contribution in [1.29, 1.82) is 0 Å². The highest BCUT2D eigenvalue weighted by Crippen LogP contribution is 2.14. The second-order valence-electron chi connectivity index (χ2n) is 4.97. The van der Waals surface area contributed by atoms with Gasteiger partial charge in [-0.15, -0.1) is 0 Å². The van der Waals surface area contributed by atoms with Crippen LogP contribution in [0.3, 0.4) is 0 Å². The molecule has 1 atom stereocenters. The Hall–Kier alpha value is -1.95. The van der Waals surface area contributed by atoms with Gasteiger partial charge in [-0.3, -0.25) is 9.00 Å². The van der Waals surface area contributed by atoms with Crippen LogP contribution in [0.25, 0.3) is 0 Å². The van der Waals surface area contributed by atoms with Crippen molar-refractivity contribution >= 4 is 22.7 Å². The molecule has 0 heterocycles. The van der Waals surface area contributed by atoms with Gasteiger partial charge in [0.2, 0.25) is 0 Å². The van der Waals surface area contributed by atoms with E-state index in [4.69, 9.17) is 0 Å². The van der Waals surface area contributed by atoms with Crippen molar-refractivity contribution < 1.29 is 18.5 Å². The number of hydrogen-bond donors (Lipinski definition) is 0. The number of carbonyl (C=O) groups excluding carboxylic acids is 2. The van der Waals surface area contributed by atoms with Crippen molar-refractivity contribution in [2.45, 2.75) is 19.1 Å². The van der Waals surface area contributed by atoms with Crippen molar-refractivity contribution in [2.24, 2.45) is 0 Å². The van der Waals surface area contributed by atoms with Crippen LogP contribution in [0, 0.1) is 0 Å². The van der Waals surface area contributed by atoms with E-state index in [1.165, 1.54) is 13.2 Å². The minimum absolute atomic E-state index is 0.111. The van der Waals surface area contributed by atoms with Gasteiger partial charge in [0.25, 0.3) is 5.91 Å². The van der Waals surface area contributed by atoms with Crippen molar-refractivity contribution in [3.8, 4) is 0 Å². The first kappa shape index (κ1) is 19.1. The molecule has 6 heteroatoms. The molecule has 0 aliphatic heterocycles. The number of carbonyl (C=O) groups is 2. The van der Waals surface area contributed by atoms with Crippen LogP contribution in [0.1, 0.15) is 29.3 Å². The summed E-state index contributed by atoms with van der Waals surface area (Å²) in [6.45, 7) is 2.35. The fourth-order valence-corrected chi connectivity index (χ4v) is 2.76. The summed E-state index contributed by atoms with van der Waals surface area (Å²) in [6, 6.07) is 7.24. The number of esters is 1. The van der Waals surface area contributed by atoms with Gasteiger partial charge in [0.15, 0.2) is 0 Å². The van der Waals surface area contributed by atoms with E-state index >= 15 is 0 Å². The van der Waals surface area contributed by atoms with Crippen LogP contribution in [-0.4, -0.2) is 47.4 Å². The zero-order valence-electron chi connectivity index (χ0n) is 13.8. The molecule has 1 aromatic carbocycles. The lowest BCUT2D eigenvalue weighted by atomic mass is 10.1. The maximum atomic E-state index is 12.5. The summed E-state index contributed by atoms with van der Waals surface area (Å²) < 4.78 is 16.3. The fourth-order valence-electron chi connectivity index (χ4n) is 1.95. The topological polar surface area (TPSA) is 63.7 Å². The average molecular weight is 337 g/mol. The number of hydrogen-bond acceptors (Lipinski definition) is 4. The molecule has 1 aromatic rings. The van der Waals surface area contributed by atoms with Gasteiger partial charge in [-0.1, -0.05) is 31.2 Å². The standard InChI is InChI=1S/C17H23NO4S/c1-4-23(21)13-14-9-5-6-10-15(14)17(20)18(2)12-8-7-11-16(19)22-3/h5-7,9-11H,4,8,12-13H2,1-3H3/b11-7+. The zero-order valence-corrected chi connectivity index (χ0v) is 14.6. The van der Waals surface area contributed by atoms with Gasteiger partial charge in [0.1, 0.15) is 0 Å². The summed E-state index contributed by atoms with van der Waals surface area (Å²) in [5, 5.41) is 0. The number of methoxy groups -OCH3 is 1. The maximum absolute atomic E-state index is 12.5. The third kappa shape index (κ3) is 6.36. The van der Waals surface area contributed by atoms with Crippen molar-refractivity contribution in [2.75, 3.05) is 26.5 Å². The lowest BCUT2D eigenvalue weighted by molar-refractivity contribution is -0.134. The second kappa shape index (κ2) is 9.94. The SMILES string of the molecule is CCS(=O)Cc1ccccc1C(=O)N(C)CC/C=C/C(=O)OC. The molecular formula is C17H23NO4S. The second-order valence-corrected chi connectivity index (χ2v) is 6.72. The Labute approximate surface area is 139 Å². The van der Waals surface area contributed by atoms with Gasteiger partial charge >= 0.3 is 5.97 Å². The number of nitrogens with zero attached hydrogens (tertiary/aromatic N) is 1. The Balaban J connectivity index is 2.71. The molecule has 126 valence electrons. The van der Waals surface area contributed by atoms with Gasteiger partial charge in [-0.2, -0.15) is 0 Å². The van der Waals surface area contributed by atoms with E-state index in [2.05, 4.69) is 4.74 Å². The number of ether oxygens (including phenoxy) is 1. The van der Waals surface area contributed by atoms with E-state index in [-0.39, 0.29) is 5.91 Å². The van der Waals surface area contributed by atoms with E-state index in [0.717, 1.165) is 5.56 Å². The molecule has 1 amide bonds. The van der Waals surface area contributed by atoms with Crippen LogP contribution in [-0.2, 0) is 26.1 Å². The van der Waals surface area contributed by atoms with Crippen molar-refractivity contribution in [3.63, 3.8) is 0 Å². The van der Waals surface area contributed by atoms with Crippen LogP contribution >= 0.6 is 0 Å². The Bertz CT molecular complexity index is 598. The highest BCUT2D eigenvalue weighted by molar-refractivity contribution is 7.84. The summed E-state index contributed by atoms with van der Waals surface area (Å²) in [4.78, 5) is 25.1. The molecule has 0 aliphatic carbocycles. The van der Waals surface area contributed by atoms with E-state index < -0.39 is 16.8 Å². The molecule has 0 saturated heterocycles. The first-order valence-electron chi connectivity index (χ1n) is 7.42. The average Bonchev–Trinajstić information content (AvgIpc) is 2.57. The summed E-state index contributed by atoms with van der Waals surface area (Å²) >= 11 is 0. The first-order valence-corrected chi connectivity index (χ1v) is 8.91. The van der Waals surface area contributed by atoms with Gasteiger partial charge in [-0.25, -0.2) is 4.79 Å². The molecule has 5 nitrogen and oxygen atoms in total. The molecule has 23 heavy (non-hydrogen) atoms. The predicted molar refractivity (Wildman–Crippen MR) is 91.6 cm³/mol. The lowest BCUT2D eigenvalue weighted by Crippen LogP contribution is -2.28. The zero-order chi connectivity index (χ0) is 17.2. The smallest absolute Gasteiger partial charge is 0.330 e. The third-order valence-corrected chi connectivity index (χ3v) is 4.60. The molecule has 0 radical (unpaired) electrons.